The Morgan fingerprint density at radius 1 is 0.952 bits per heavy atom. The van der Waals surface area contributed by atoms with Crippen molar-refractivity contribution in [2.75, 3.05) is 7.11 Å². The van der Waals surface area contributed by atoms with Crippen LogP contribution in [0.25, 0.3) is 11.3 Å². The Kier molecular flexibility index (Phi) is 3.96. The third-order valence-corrected chi connectivity index (χ3v) is 3.46. The van der Waals surface area contributed by atoms with Crippen LogP contribution >= 0.6 is 0 Å². The molecule has 21 heavy (non-hydrogen) atoms. The molecule has 106 valence electrons. The molecule has 4 nitrogen and oxygen atoms in total. The van der Waals surface area contributed by atoms with Gasteiger partial charge in [-0.3, -0.25) is 9.67 Å². The number of aromatic nitrogens is 3. The minimum Gasteiger partial charge on any atom is -0.497 e. The average Bonchev–Trinajstić information content (AvgIpc) is 3.03. The second-order valence-electron chi connectivity index (χ2n) is 4.77. The van der Waals surface area contributed by atoms with E-state index in [1.807, 2.05) is 41.2 Å². The Labute approximate surface area is 124 Å². The van der Waals surface area contributed by atoms with Crippen LogP contribution in [0.2, 0.25) is 0 Å². The van der Waals surface area contributed by atoms with E-state index in [9.17, 15) is 0 Å². The first-order chi connectivity index (χ1) is 10.4. The summed E-state index contributed by atoms with van der Waals surface area (Å²) in [5.74, 6) is 0.885. The van der Waals surface area contributed by atoms with E-state index in [0.717, 1.165) is 30.0 Å². The number of methoxy groups -OCH3 is 1. The van der Waals surface area contributed by atoms with Gasteiger partial charge in [-0.25, -0.2) is 0 Å². The molecule has 0 aliphatic heterocycles. The molecule has 0 spiro atoms. The highest BCUT2D eigenvalue weighted by Crippen LogP contribution is 2.18. The first kappa shape index (κ1) is 13.4. The molecule has 3 rings (SSSR count). The summed E-state index contributed by atoms with van der Waals surface area (Å²) in [6, 6.07) is 14.2. The third-order valence-electron chi connectivity index (χ3n) is 3.46. The maximum Gasteiger partial charge on any atom is 0.118 e. The largest absolute Gasteiger partial charge is 0.497 e. The van der Waals surface area contributed by atoms with Crippen molar-refractivity contribution in [3.8, 4) is 17.0 Å². The van der Waals surface area contributed by atoms with Crippen LogP contribution in [0.1, 0.15) is 5.56 Å². The van der Waals surface area contributed by atoms with Crippen LogP contribution in [0.5, 0.6) is 5.75 Å². The molecular weight excluding hydrogens is 262 g/mol. The lowest BCUT2D eigenvalue weighted by Crippen LogP contribution is -2.05. The van der Waals surface area contributed by atoms with Crippen molar-refractivity contribution >= 4 is 0 Å². The summed E-state index contributed by atoms with van der Waals surface area (Å²) in [7, 11) is 1.68. The molecule has 0 N–H and O–H groups in total. The van der Waals surface area contributed by atoms with Crippen molar-refractivity contribution in [1.82, 2.24) is 14.8 Å². The summed E-state index contributed by atoms with van der Waals surface area (Å²) in [4.78, 5) is 4.05. The van der Waals surface area contributed by atoms with Crippen molar-refractivity contribution < 1.29 is 4.74 Å². The number of ether oxygens (including phenoxy) is 1. The molecule has 4 heteroatoms. The Hall–Kier alpha value is -2.62. The van der Waals surface area contributed by atoms with E-state index < -0.39 is 0 Å². The third kappa shape index (κ3) is 3.11. The van der Waals surface area contributed by atoms with E-state index in [0.29, 0.717) is 0 Å². The maximum absolute atomic E-state index is 5.17. The molecule has 0 radical (unpaired) electrons. The first-order valence-corrected chi connectivity index (χ1v) is 6.92. The molecule has 1 aromatic carbocycles. The topological polar surface area (TPSA) is 39.9 Å². The zero-order valence-electron chi connectivity index (χ0n) is 11.9. The molecule has 0 atom stereocenters. The molecule has 0 saturated carbocycles. The van der Waals surface area contributed by atoms with Crippen LogP contribution in [0.4, 0.5) is 0 Å². The maximum atomic E-state index is 5.17. The molecule has 0 saturated heterocycles. The minimum atomic E-state index is 0.844. The van der Waals surface area contributed by atoms with E-state index in [1.54, 1.807) is 19.5 Å². The monoisotopic (exact) mass is 279 g/mol. The van der Waals surface area contributed by atoms with Gasteiger partial charge in [-0.05, 0) is 42.3 Å². The molecular formula is C17H17N3O. The predicted octanol–water partition coefficient (Wildman–Crippen LogP) is 3.20. The van der Waals surface area contributed by atoms with Gasteiger partial charge in [-0.15, -0.1) is 0 Å². The minimum absolute atomic E-state index is 0.844. The lowest BCUT2D eigenvalue weighted by molar-refractivity contribution is 0.414. The van der Waals surface area contributed by atoms with Gasteiger partial charge >= 0.3 is 0 Å². The lowest BCUT2D eigenvalue weighted by atomic mass is 10.1. The quantitative estimate of drug-likeness (QED) is 0.720. The highest BCUT2D eigenvalue weighted by molar-refractivity contribution is 5.58. The number of hydrogen-bond donors (Lipinski definition) is 0. The van der Waals surface area contributed by atoms with E-state index in [2.05, 4.69) is 22.2 Å². The first-order valence-electron chi connectivity index (χ1n) is 6.92. The molecule has 2 aromatic heterocycles. The highest BCUT2D eigenvalue weighted by Gasteiger charge is 2.05. The molecule has 0 fully saturated rings. The fraction of sp³-hybridized carbons (Fsp3) is 0.176. The standard InChI is InChI=1S/C17H17N3O/c1-21-16-4-2-14(3-5-16)9-13-20-17(8-12-19-20)15-6-10-18-11-7-15/h2-8,10-12H,9,13H2,1H3. The van der Waals surface area contributed by atoms with E-state index >= 15 is 0 Å². The van der Waals surface area contributed by atoms with Crippen LogP contribution < -0.4 is 4.74 Å². The molecule has 0 aliphatic rings. The van der Waals surface area contributed by atoms with Gasteiger partial charge in [-0.1, -0.05) is 12.1 Å². The zero-order valence-corrected chi connectivity index (χ0v) is 11.9. The summed E-state index contributed by atoms with van der Waals surface area (Å²) in [6.45, 7) is 0.844. The van der Waals surface area contributed by atoms with Crippen molar-refractivity contribution in [3.05, 3.63) is 66.6 Å². The average molecular weight is 279 g/mol. The molecule has 0 bridgehead atoms. The zero-order chi connectivity index (χ0) is 14.5. The van der Waals surface area contributed by atoms with Crippen LogP contribution in [-0.2, 0) is 13.0 Å². The number of pyridine rings is 1. The normalized spacial score (nSPS) is 10.5. The summed E-state index contributed by atoms with van der Waals surface area (Å²) in [5, 5.41) is 4.41. The van der Waals surface area contributed by atoms with Gasteiger partial charge in [0, 0.05) is 30.7 Å². The van der Waals surface area contributed by atoms with Gasteiger partial charge in [0.15, 0.2) is 0 Å². The second kappa shape index (κ2) is 6.22. The number of benzene rings is 1. The molecule has 3 aromatic rings. The SMILES string of the molecule is COc1ccc(CCn2nccc2-c2ccncc2)cc1. The van der Waals surface area contributed by atoms with Crippen LogP contribution in [0.3, 0.4) is 0 Å². The van der Waals surface area contributed by atoms with Crippen molar-refractivity contribution in [2.24, 2.45) is 0 Å². The number of nitrogens with zero attached hydrogens (tertiary/aromatic N) is 3. The fourth-order valence-corrected chi connectivity index (χ4v) is 2.31. The molecule has 0 unspecified atom stereocenters. The van der Waals surface area contributed by atoms with Gasteiger partial charge in [0.25, 0.3) is 0 Å². The van der Waals surface area contributed by atoms with Gasteiger partial charge in [0.2, 0.25) is 0 Å². The van der Waals surface area contributed by atoms with Gasteiger partial charge < -0.3 is 4.74 Å². The summed E-state index contributed by atoms with van der Waals surface area (Å²) < 4.78 is 7.20. The number of aryl methyl sites for hydroxylation is 2. The van der Waals surface area contributed by atoms with Crippen molar-refractivity contribution in [2.45, 2.75) is 13.0 Å². The van der Waals surface area contributed by atoms with Gasteiger partial charge in [0.05, 0.1) is 12.8 Å². The molecule has 2 heterocycles. The van der Waals surface area contributed by atoms with E-state index in [-0.39, 0.29) is 0 Å². The Morgan fingerprint density at radius 3 is 2.43 bits per heavy atom. The van der Waals surface area contributed by atoms with Crippen molar-refractivity contribution in [1.29, 1.82) is 0 Å². The second-order valence-corrected chi connectivity index (χ2v) is 4.77. The predicted molar refractivity (Wildman–Crippen MR) is 82.2 cm³/mol. The molecule has 0 amide bonds. The summed E-state index contributed by atoms with van der Waals surface area (Å²) >= 11 is 0. The van der Waals surface area contributed by atoms with Crippen LogP contribution in [-0.4, -0.2) is 21.9 Å². The Bertz CT molecular complexity index is 690. The number of rotatable bonds is 5. The lowest BCUT2D eigenvalue weighted by Gasteiger charge is -2.08. The fourth-order valence-electron chi connectivity index (χ4n) is 2.31. The highest BCUT2D eigenvalue weighted by atomic mass is 16.5. The Balaban J connectivity index is 1.72. The summed E-state index contributed by atoms with van der Waals surface area (Å²) in [5.41, 5.74) is 3.52. The van der Waals surface area contributed by atoms with E-state index in [1.165, 1.54) is 5.56 Å². The van der Waals surface area contributed by atoms with Gasteiger partial charge in [0.1, 0.15) is 5.75 Å². The van der Waals surface area contributed by atoms with Crippen LogP contribution in [0, 0.1) is 0 Å². The Morgan fingerprint density at radius 2 is 1.71 bits per heavy atom. The smallest absolute Gasteiger partial charge is 0.118 e. The number of hydrogen-bond acceptors (Lipinski definition) is 3. The van der Waals surface area contributed by atoms with Crippen molar-refractivity contribution in [3.63, 3.8) is 0 Å². The van der Waals surface area contributed by atoms with Crippen LogP contribution in [0.15, 0.2) is 61.1 Å². The van der Waals surface area contributed by atoms with E-state index in [4.69, 9.17) is 4.74 Å². The molecule has 0 aliphatic carbocycles. The van der Waals surface area contributed by atoms with Gasteiger partial charge in [-0.2, -0.15) is 5.10 Å². The summed E-state index contributed by atoms with van der Waals surface area (Å²) in [6.07, 6.45) is 6.37.